The highest BCUT2D eigenvalue weighted by atomic mass is 19.1. The molecule has 0 bridgehead atoms. The maximum absolute atomic E-state index is 14.4. The van der Waals surface area contributed by atoms with Gasteiger partial charge in [0, 0.05) is 29.1 Å². The Morgan fingerprint density at radius 2 is 2.10 bits per heavy atom. The van der Waals surface area contributed by atoms with Crippen molar-refractivity contribution in [2.24, 2.45) is 4.99 Å². The van der Waals surface area contributed by atoms with Crippen molar-refractivity contribution in [1.29, 1.82) is 0 Å². The molecule has 0 atom stereocenters. The number of nitrogens with zero attached hydrogens (tertiary/aromatic N) is 2. The van der Waals surface area contributed by atoms with Crippen molar-refractivity contribution in [2.75, 3.05) is 13.2 Å². The molecule has 0 amide bonds. The van der Waals surface area contributed by atoms with E-state index >= 15 is 0 Å². The first kappa shape index (κ1) is 13.4. The largest absolute Gasteiger partial charge is 0.458 e. The quantitative estimate of drug-likeness (QED) is 0.796. The number of benzene rings is 1. The zero-order chi connectivity index (χ0) is 14.8. The van der Waals surface area contributed by atoms with E-state index in [1.54, 1.807) is 24.5 Å². The van der Waals surface area contributed by atoms with Crippen LogP contribution in [0.15, 0.2) is 41.7 Å². The molecule has 0 unspecified atom stereocenters. The number of halogens is 1. The van der Waals surface area contributed by atoms with Crippen molar-refractivity contribution >= 4 is 11.7 Å². The minimum absolute atomic E-state index is 0.0135. The van der Waals surface area contributed by atoms with Crippen molar-refractivity contribution in [2.45, 2.75) is 6.92 Å². The summed E-state index contributed by atoms with van der Waals surface area (Å²) in [5, 5.41) is 0. The molecular formula is C16H13FN2O2. The zero-order valence-electron chi connectivity index (χ0n) is 11.5. The second-order valence-electron chi connectivity index (χ2n) is 4.81. The molecular weight excluding hydrogens is 271 g/mol. The SMILES string of the molecule is Cc1ccncc1-c1ccc(C2=NCC(=O)OC2)cc1F. The highest BCUT2D eigenvalue weighted by molar-refractivity contribution is 6.04. The maximum atomic E-state index is 14.4. The van der Waals surface area contributed by atoms with Gasteiger partial charge in [0.15, 0.2) is 0 Å². The van der Waals surface area contributed by atoms with Gasteiger partial charge < -0.3 is 4.74 Å². The van der Waals surface area contributed by atoms with E-state index in [0.29, 0.717) is 16.8 Å². The predicted molar refractivity (Wildman–Crippen MR) is 76.7 cm³/mol. The summed E-state index contributed by atoms with van der Waals surface area (Å²) < 4.78 is 19.3. The van der Waals surface area contributed by atoms with Crippen LogP contribution in [0.2, 0.25) is 0 Å². The fourth-order valence-corrected chi connectivity index (χ4v) is 2.23. The van der Waals surface area contributed by atoms with Crippen LogP contribution in [-0.4, -0.2) is 29.8 Å². The number of cyclic esters (lactones) is 1. The first-order chi connectivity index (χ1) is 10.1. The Morgan fingerprint density at radius 3 is 2.76 bits per heavy atom. The number of carbonyl (C=O) groups excluding carboxylic acids is 1. The molecule has 21 heavy (non-hydrogen) atoms. The average molecular weight is 284 g/mol. The van der Waals surface area contributed by atoms with Crippen LogP contribution in [0.25, 0.3) is 11.1 Å². The molecule has 106 valence electrons. The van der Waals surface area contributed by atoms with Gasteiger partial charge in [-0.2, -0.15) is 0 Å². The molecule has 0 fully saturated rings. The van der Waals surface area contributed by atoms with Crippen LogP contribution in [0.4, 0.5) is 4.39 Å². The van der Waals surface area contributed by atoms with Crippen LogP contribution in [0.5, 0.6) is 0 Å². The normalized spacial score (nSPS) is 14.6. The summed E-state index contributed by atoms with van der Waals surface area (Å²) in [5.74, 6) is -0.704. The Labute approximate surface area is 121 Å². The number of aliphatic imine (C=N–C) groups is 1. The van der Waals surface area contributed by atoms with Crippen LogP contribution in [0.3, 0.4) is 0 Å². The van der Waals surface area contributed by atoms with E-state index < -0.39 is 0 Å². The number of carbonyl (C=O) groups is 1. The number of hydrogen-bond acceptors (Lipinski definition) is 4. The maximum Gasteiger partial charge on any atom is 0.328 e. The monoisotopic (exact) mass is 284 g/mol. The van der Waals surface area contributed by atoms with Gasteiger partial charge in [0.25, 0.3) is 0 Å². The van der Waals surface area contributed by atoms with Gasteiger partial charge >= 0.3 is 5.97 Å². The average Bonchev–Trinajstić information content (AvgIpc) is 2.49. The number of aromatic nitrogens is 1. The third-order valence-electron chi connectivity index (χ3n) is 3.40. The predicted octanol–water partition coefficient (Wildman–Crippen LogP) is 2.54. The number of hydrogen-bond donors (Lipinski definition) is 0. The van der Waals surface area contributed by atoms with E-state index in [-0.39, 0.29) is 24.9 Å². The highest BCUT2D eigenvalue weighted by Crippen LogP contribution is 2.26. The number of aryl methyl sites for hydroxylation is 1. The Bertz CT molecular complexity index is 741. The van der Waals surface area contributed by atoms with Crippen molar-refractivity contribution in [3.05, 3.63) is 53.6 Å². The fourth-order valence-electron chi connectivity index (χ4n) is 2.23. The lowest BCUT2D eigenvalue weighted by Gasteiger charge is -2.14. The Balaban J connectivity index is 1.97. The standard InChI is InChI=1S/C16H13FN2O2/c1-10-4-5-18-7-13(10)12-3-2-11(6-14(12)17)15-9-21-16(20)8-19-15/h2-7H,8-9H2,1H3. The van der Waals surface area contributed by atoms with Gasteiger partial charge in [-0.25, -0.2) is 4.39 Å². The second kappa shape index (κ2) is 5.44. The lowest BCUT2D eigenvalue weighted by Crippen LogP contribution is -2.23. The topological polar surface area (TPSA) is 51.5 Å². The van der Waals surface area contributed by atoms with E-state index in [2.05, 4.69) is 9.98 Å². The molecule has 0 radical (unpaired) electrons. The molecule has 4 nitrogen and oxygen atoms in total. The highest BCUT2D eigenvalue weighted by Gasteiger charge is 2.16. The van der Waals surface area contributed by atoms with Gasteiger partial charge in [-0.1, -0.05) is 12.1 Å². The molecule has 0 saturated heterocycles. The summed E-state index contributed by atoms with van der Waals surface area (Å²) in [6, 6.07) is 6.74. The molecule has 0 spiro atoms. The van der Waals surface area contributed by atoms with Gasteiger partial charge in [0.2, 0.25) is 0 Å². The number of esters is 1. The van der Waals surface area contributed by atoms with E-state index in [0.717, 1.165) is 11.1 Å². The van der Waals surface area contributed by atoms with Crippen molar-refractivity contribution in [3.8, 4) is 11.1 Å². The Kier molecular flexibility index (Phi) is 3.48. The van der Waals surface area contributed by atoms with Crippen molar-refractivity contribution in [3.63, 3.8) is 0 Å². The van der Waals surface area contributed by atoms with Gasteiger partial charge in [-0.05, 0) is 24.6 Å². The van der Waals surface area contributed by atoms with Gasteiger partial charge in [0.05, 0.1) is 5.71 Å². The minimum Gasteiger partial charge on any atom is -0.458 e. The Morgan fingerprint density at radius 1 is 1.24 bits per heavy atom. The summed E-state index contributed by atoms with van der Waals surface area (Å²) in [6.07, 6.45) is 3.32. The molecule has 1 aliphatic rings. The van der Waals surface area contributed by atoms with Crippen LogP contribution in [0, 0.1) is 12.7 Å². The lowest BCUT2D eigenvalue weighted by atomic mass is 9.99. The zero-order valence-corrected chi connectivity index (χ0v) is 11.5. The summed E-state index contributed by atoms with van der Waals surface area (Å²) >= 11 is 0. The van der Waals surface area contributed by atoms with E-state index in [1.165, 1.54) is 6.07 Å². The third-order valence-corrected chi connectivity index (χ3v) is 3.40. The van der Waals surface area contributed by atoms with E-state index in [1.807, 2.05) is 13.0 Å². The molecule has 5 heteroatoms. The second-order valence-corrected chi connectivity index (χ2v) is 4.81. The number of pyridine rings is 1. The molecule has 0 saturated carbocycles. The molecule has 3 rings (SSSR count). The van der Waals surface area contributed by atoms with Crippen LogP contribution in [-0.2, 0) is 9.53 Å². The van der Waals surface area contributed by atoms with Crippen molar-refractivity contribution < 1.29 is 13.9 Å². The van der Waals surface area contributed by atoms with Crippen molar-refractivity contribution in [1.82, 2.24) is 4.98 Å². The molecule has 1 aromatic carbocycles. The summed E-state index contributed by atoms with van der Waals surface area (Å²) in [5.41, 5.74) is 3.44. The van der Waals surface area contributed by atoms with Crippen LogP contribution >= 0.6 is 0 Å². The first-order valence-electron chi connectivity index (χ1n) is 6.55. The third kappa shape index (κ3) is 2.67. The summed E-state index contributed by atoms with van der Waals surface area (Å²) in [4.78, 5) is 19.1. The lowest BCUT2D eigenvalue weighted by molar-refractivity contribution is -0.140. The molecule has 0 aliphatic carbocycles. The van der Waals surface area contributed by atoms with Gasteiger partial charge in [0.1, 0.15) is 19.0 Å². The van der Waals surface area contributed by atoms with Crippen LogP contribution in [0.1, 0.15) is 11.1 Å². The Hall–Kier alpha value is -2.56. The minimum atomic E-state index is -0.359. The van der Waals surface area contributed by atoms with E-state index in [4.69, 9.17) is 4.74 Å². The molecule has 2 heterocycles. The van der Waals surface area contributed by atoms with Gasteiger partial charge in [-0.3, -0.25) is 14.8 Å². The van der Waals surface area contributed by atoms with Gasteiger partial charge in [-0.15, -0.1) is 0 Å². The number of rotatable bonds is 2. The summed E-state index contributed by atoms with van der Waals surface area (Å²) in [7, 11) is 0. The van der Waals surface area contributed by atoms with E-state index in [9.17, 15) is 9.18 Å². The molecule has 1 aliphatic heterocycles. The van der Waals surface area contributed by atoms with Crippen LogP contribution < -0.4 is 0 Å². The first-order valence-corrected chi connectivity index (χ1v) is 6.55. The summed E-state index contributed by atoms with van der Waals surface area (Å²) in [6.45, 7) is 1.99. The molecule has 0 N–H and O–H groups in total. The number of ether oxygens (including phenoxy) is 1. The molecule has 1 aromatic heterocycles. The fraction of sp³-hybridized carbons (Fsp3) is 0.188. The molecule has 2 aromatic rings. The smallest absolute Gasteiger partial charge is 0.328 e.